The van der Waals surface area contributed by atoms with Gasteiger partial charge in [0.2, 0.25) is 5.91 Å². The van der Waals surface area contributed by atoms with Crippen molar-refractivity contribution in [2.75, 3.05) is 25.6 Å². The summed E-state index contributed by atoms with van der Waals surface area (Å²) in [6, 6.07) is -0.115. The number of likely N-dealkylation sites (N-methyl/N-ethyl adjacent to an activating group) is 2. The van der Waals surface area contributed by atoms with Gasteiger partial charge in [-0.05, 0) is 32.4 Å². The molecule has 0 aliphatic carbocycles. The molecule has 3 nitrogen and oxygen atoms in total. The zero-order chi connectivity index (χ0) is 10.3. The van der Waals surface area contributed by atoms with E-state index < -0.39 is 0 Å². The van der Waals surface area contributed by atoms with Crippen molar-refractivity contribution in [3.05, 3.63) is 0 Å². The maximum atomic E-state index is 11.5. The molecule has 0 aromatic carbocycles. The van der Waals surface area contributed by atoms with Crippen LogP contribution in [0.25, 0.3) is 0 Å². The molecule has 0 saturated carbocycles. The number of amides is 1. The fourth-order valence-electron chi connectivity index (χ4n) is 1.01. The lowest BCUT2D eigenvalue weighted by molar-refractivity contribution is -0.124. The van der Waals surface area contributed by atoms with E-state index in [1.807, 2.05) is 20.2 Å². The fourth-order valence-corrected chi connectivity index (χ4v) is 1.69. The number of rotatable bonds is 6. The zero-order valence-electron chi connectivity index (χ0n) is 8.41. The van der Waals surface area contributed by atoms with Crippen molar-refractivity contribution in [3.8, 4) is 0 Å². The van der Waals surface area contributed by atoms with Crippen molar-refractivity contribution in [2.24, 2.45) is 0 Å². The van der Waals surface area contributed by atoms with E-state index in [0.29, 0.717) is 6.54 Å². The van der Waals surface area contributed by atoms with Gasteiger partial charge in [-0.25, -0.2) is 4.31 Å². The topological polar surface area (TPSA) is 32.3 Å². The van der Waals surface area contributed by atoms with Gasteiger partial charge in [-0.2, -0.15) is 11.8 Å². The SMILES string of the molecule is CCNC(=O)[C@H](CCSC)N(C)S. The highest BCUT2D eigenvalue weighted by Gasteiger charge is 2.19. The molecule has 5 heteroatoms. The van der Waals surface area contributed by atoms with Crippen LogP contribution in [0.4, 0.5) is 0 Å². The van der Waals surface area contributed by atoms with Gasteiger partial charge in [0.05, 0.1) is 6.04 Å². The van der Waals surface area contributed by atoms with E-state index in [2.05, 4.69) is 18.1 Å². The Morgan fingerprint density at radius 2 is 2.31 bits per heavy atom. The van der Waals surface area contributed by atoms with Crippen LogP contribution in [-0.2, 0) is 4.79 Å². The monoisotopic (exact) mass is 222 g/mol. The summed E-state index contributed by atoms with van der Waals surface area (Å²) in [6.07, 6.45) is 2.88. The van der Waals surface area contributed by atoms with Crippen molar-refractivity contribution in [1.29, 1.82) is 0 Å². The maximum Gasteiger partial charge on any atom is 0.238 e. The van der Waals surface area contributed by atoms with Gasteiger partial charge in [0.1, 0.15) is 0 Å². The highest BCUT2D eigenvalue weighted by molar-refractivity contribution is 7.98. The third kappa shape index (κ3) is 5.44. The fraction of sp³-hybridized carbons (Fsp3) is 0.875. The Hall–Kier alpha value is 0.130. The molecule has 1 atom stereocenters. The summed E-state index contributed by atoms with van der Waals surface area (Å²) in [5.41, 5.74) is 0. The summed E-state index contributed by atoms with van der Waals surface area (Å²) in [6.45, 7) is 2.60. The van der Waals surface area contributed by atoms with E-state index >= 15 is 0 Å². The van der Waals surface area contributed by atoms with Crippen LogP contribution >= 0.6 is 24.6 Å². The number of nitrogens with zero attached hydrogens (tertiary/aromatic N) is 1. The minimum absolute atomic E-state index is 0.0639. The molecule has 0 spiro atoms. The largest absolute Gasteiger partial charge is 0.355 e. The third-order valence-electron chi connectivity index (χ3n) is 1.70. The van der Waals surface area contributed by atoms with E-state index in [4.69, 9.17) is 0 Å². The molecule has 0 heterocycles. The molecule has 0 fully saturated rings. The van der Waals surface area contributed by atoms with Gasteiger partial charge in [0.25, 0.3) is 0 Å². The minimum atomic E-state index is -0.115. The lowest BCUT2D eigenvalue weighted by atomic mass is 10.2. The molecule has 0 aliphatic heterocycles. The average Bonchev–Trinajstić information content (AvgIpc) is 2.05. The van der Waals surface area contributed by atoms with Gasteiger partial charge in [0.15, 0.2) is 0 Å². The number of hydrogen-bond acceptors (Lipinski definition) is 4. The molecule has 0 rings (SSSR count). The highest BCUT2D eigenvalue weighted by atomic mass is 32.2. The molecule has 78 valence electrons. The van der Waals surface area contributed by atoms with Crippen LogP contribution in [-0.4, -0.2) is 41.9 Å². The Bertz CT molecular complexity index is 153. The minimum Gasteiger partial charge on any atom is -0.355 e. The molecular weight excluding hydrogens is 204 g/mol. The first-order chi connectivity index (χ1) is 6.13. The van der Waals surface area contributed by atoms with Gasteiger partial charge in [-0.1, -0.05) is 12.8 Å². The molecule has 13 heavy (non-hydrogen) atoms. The summed E-state index contributed by atoms with van der Waals surface area (Å²) in [5, 5.41) is 2.80. The molecule has 0 radical (unpaired) electrons. The normalized spacial score (nSPS) is 13.0. The number of thiol groups is 1. The van der Waals surface area contributed by atoms with Gasteiger partial charge in [-0.3, -0.25) is 4.79 Å². The first kappa shape index (κ1) is 13.1. The highest BCUT2D eigenvalue weighted by Crippen LogP contribution is 2.08. The van der Waals surface area contributed by atoms with E-state index in [1.54, 1.807) is 16.1 Å². The second-order valence-electron chi connectivity index (χ2n) is 2.77. The summed E-state index contributed by atoms with van der Waals surface area (Å²) in [5.74, 6) is 1.04. The van der Waals surface area contributed by atoms with Crippen LogP contribution in [0.5, 0.6) is 0 Å². The Labute approximate surface area is 90.2 Å². The Balaban J connectivity index is 3.99. The van der Waals surface area contributed by atoms with Crippen molar-refractivity contribution in [3.63, 3.8) is 0 Å². The molecule has 0 unspecified atom stereocenters. The first-order valence-electron chi connectivity index (χ1n) is 4.31. The summed E-state index contributed by atoms with van der Waals surface area (Å²) in [4.78, 5) is 11.5. The van der Waals surface area contributed by atoms with Gasteiger partial charge < -0.3 is 5.32 Å². The van der Waals surface area contributed by atoms with Crippen molar-refractivity contribution >= 4 is 30.5 Å². The molecule has 0 aromatic rings. The maximum absolute atomic E-state index is 11.5. The number of carbonyl (C=O) groups is 1. The molecular formula is C8H18N2OS2. The molecule has 0 saturated heterocycles. The number of thioether (sulfide) groups is 1. The third-order valence-corrected chi connectivity index (χ3v) is 2.62. The molecule has 1 N–H and O–H groups in total. The Morgan fingerprint density at radius 1 is 1.69 bits per heavy atom. The van der Waals surface area contributed by atoms with Crippen LogP contribution in [0, 0.1) is 0 Å². The van der Waals surface area contributed by atoms with Crippen molar-refractivity contribution in [2.45, 2.75) is 19.4 Å². The van der Waals surface area contributed by atoms with E-state index in [0.717, 1.165) is 12.2 Å². The second-order valence-corrected chi connectivity index (χ2v) is 4.38. The predicted octanol–water partition coefficient (Wildman–Crippen LogP) is 1.02. The zero-order valence-corrected chi connectivity index (χ0v) is 10.1. The smallest absolute Gasteiger partial charge is 0.238 e. The number of hydrogen-bond donors (Lipinski definition) is 2. The molecule has 1 amide bonds. The van der Waals surface area contributed by atoms with Gasteiger partial charge >= 0.3 is 0 Å². The standard InChI is InChI=1S/C8H18N2OS2/c1-4-9-8(11)7(10(2)12)5-6-13-3/h7,12H,4-6H2,1-3H3,(H,9,11)/t7-/m0/s1. The number of carbonyl (C=O) groups excluding carboxylic acids is 1. The van der Waals surface area contributed by atoms with Crippen LogP contribution in [0.2, 0.25) is 0 Å². The van der Waals surface area contributed by atoms with Crippen molar-refractivity contribution < 1.29 is 4.79 Å². The molecule has 0 aromatic heterocycles. The van der Waals surface area contributed by atoms with Crippen LogP contribution in [0.15, 0.2) is 0 Å². The van der Waals surface area contributed by atoms with E-state index in [9.17, 15) is 4.79 Å². The molecule has 0 aliphatic rings. The van der Waals surface area contributed by atoms with Gasteiger partial charge in [0, 0.05) is 6.54 Å². The quantitative estimate of drug-likeness (QED) is 0.658. The van der Waals surface area contributed by atoms with E-state index in [1.165, 1.54) is 0 Å². The van der Waals surface area contributed by atoms with Crippen molar-refractivity contribution in [1.82, 2.24) is 9.62 Å². The Morgan fingerprint density at radius 3 is 2.69 bits per heavy atom. The second kappa shape index (κ2) is 7.53. The van der Waals surface area contributed by atoms with Crippen LogP contribution in [0.1, 0.15) is 13.3 Å². The lowest BCUT2D eigenvalue weighted by Gasteiger charge is -2.21. The number of nitrogens with one attached hydrogen (secondary N) is 1. The molecule has 0 bridgehead atoms. The first-order valence-corrected chi connectivity index (χ1v) is 6.11. The summed E-state index contributed by atoms with van der Waals surface area (Å²) >= 11 is 5.90. The van der Waals surface area contributed by atoms with Crippen LogP contribution < -0.4 is 5.32 Å². The van der Waals surface area contributed by atoms with E-state index in [-0.39, 0.29) is 11.9 Å². The Kier molecular flexibility index (Phi) is 7.60. The van der Waals surface area contributed by atoms with Crippen LogP contribution in [0.3, 0.4) is 0 Å². The average molecular weight is 222 g/mol. The predicted molar refractivity (Wildman–Crippen MR) is 62.2 cm³/mol. The lowest BCUT2D eigenvalue weighted by Crippen LogP contribution is -2.41. The summed E-state index contributed by atoms with van der Waals surface area (Å²) < 4.78 is 1.67. The van der Waals surface area contributed by atoms with Gasteiger partial charge in [-0.15, -0.1) is 0 Å². The summed E-state index contributed by atoms with van der Waals surface area (Å²) in [7, 11) is 1.81.